The highest BCUT2D eigenvalue weighted by molar-refractivity contribution is 5.89. The summed E-state index contributed by atoms with van der Waals surface area (Å²) in [6.07, 6.45) is 3.33. The molecule has 1 N–H and O–H groups in total. The van der Waals surface area contributed by atoms with Gasteiger partial charge in [-0.25, -0.2) is 4.79 Å². The summed E-state index contributed by atoms with van der Waals surface area (Å²) in [6.45, 7) is -0.876. The number of rotatable bonds is 7. The molecule has 7 heteroatoms. The number of urea groups is 1. The molecule has 0 radical (unpaired) electrons. The number of anilines is 1. The van der Waals surface area contributed by atoms with Crippen LogP contribution in [0.4, 0.5) is 19.3 Å². The molecule has 1 unspecified atom stereocenters. The van der Waals surface area contributed by atoms with Crippen molar-refractivity contribution < 1.29 is 18.3 Å². The van der Waals surface area contributed by atoms with Gasteiger partial charge in [0.2, 0.25) is 0 Å². The number of nitrogens with zero attached hydrogens (tertiary/aromatic N) is 2. The number of carbonyl (C=O) groups is 1. The first-order valence-electron chi connectivity index (χ1n) is 8.01. The zero-order chi connectivity index (χ0) is 18.2. The monoisotopic (exact) mass is 349 g/mol. The van der Waals surface area contributed by atoms with Gasteiger partial charge in [-0.3, -0.25) is 4.98 Å². The standard InChI is InChI=1S/C18H21F2N3O2/c1-3-7-16(15-10-4-5-11-21-15)23(2)18(24)22-13-8-6-9-14(12-13)25-17(19)20/h4-6,8-12,16-17H,3,7H2,1-2H3,(H,22,24). The second kappa shape index (κ2) is 8.96. The molecule has 25 heavy (non-hydrogen) atoms. The Labute approximate surface area is 145 Å². The van der Waals surface area contributed by atoms with Gasteiger partial charge in [0.05, 0.1) is 11.7 Å². The van der Waals surface area contributed by atoms with Gasteiger partial charge in [-0.05, 0) is 30.7 Å². The molecular weight excluding hydrogens is 328 g/mol. The number of halogens is 2. The molecule has 5 nitrogen and oxygen atoms in total. The average molecular weight is 349 g/mol. The molecule has 0 bridgehead atoms. The van der Waals surface area contributed by atoms with E-state index >= 15 is 0 Å². The van der Waals surface area contributed by atoms with Gasteiger partial charge in [-0.15, -0.1) is 0 Å². The van der Waals surface area contributed by atoms with Crippen LogP contribution in [0.3, 0.4) is 0 Å². The average Bonchev–Trinajstić information content (AvgIpc) is 2.59. The minimum Gasteiger partial charge on any atom is -0.435 e. The first kappa shape index (κ1) is 18.6. The summed E-state index contributed by atoms with van der Waals surface area (Å²) in [5.41, 5.74) is 1.18. The first-order chi connectivity index (χ1) is 12.0. The van der Waals surface area contributed by atoms with Crippen molar-refractivity contribution in [1.29, 1.82) is 0 Å². The molecule has 0 aliphatic heterocycles. The van der Waals surface area contributed by atoms with Crippen LogP contribution < -0.4 is 10.1 Å². The van der Waals surface area contributed by atoms with E-state index in [0.717, 1.165) is 18.5 Å². The van der Waals surface area contributed by atoms with E-state index < -0.39 is 6.61 Å². The van der Waals surface area contributed by atoms with E-state index in [4.69, 9.17) is 0 Å². The largest absolute Gasteiger partial charge is 0.435 e. The second-order valence-corrected chi connectivity index (χ2v) is 5.51. The van der Waals surface area contributed by atoms with Crippen LogP contribution in [0.15, 0.2) is 48.7 Å². The second-order valence-electron chi connectivity index (χ2n) is 5.51. The van der Waals surface area contributed by atoms with Gasteiger partial charge in [0.1, 0.15) is 5.75 Å². The van der Waals surface area contributed by atoms with Gasteiger partial charge in [0, 0.05) is 25.0 Å². The van der Waals surface area contributed by atoms with Gasteiger partial charge < -0.3 is 15.0 Å². The van der Waals surface area contributed by atoms with Gasteiger partial charge in [0.25, 0.3) is 0 Å². The van der Waals surface area contributed by atoms with Crippen molar-refractivity contribution in [1.82, 2.24) is 9.88 Å². The quantitative estimate of drug-likeness (QED) is 0.789. The topological polar surface area (TPSA) is 54.5 Å². The van der Waals surface area contributed by atoms with E-state index in [1.54, 1.807) is 24.2 Å². The van der Waals surface area contributed by atoms with Crippen LogP contribution in [0.5, 0.6) is 5.75 Å². The van der Waals surface area contributed by atoms with Crippen LogP contribution in [0.1, 0.15) is 31.5 Å². The third kappa shape index (κ3) is 5.41. The maximum atomic E-state index is 12.5. The first-order valence-corrected chi connectivity index (χ1v) is 8.01. The molecule has 1 aromatic heterocycles. The lowest BCUT2D eigenvalue weighted by molar-refractivity contribution is -0.0497. The highest BCUT2D eigenvalue weighted by atomic mass is 19.3. The number of hydrogen-bond donors (Lipinski definition) is 1. The van der Waals surface area contributed by atoms with Gasteiger partial charge in [-0.1, -0.05) is 25.5 Å². The summed E-state index contributed by atoms with van der Waals surface area (Å²) in [7, 11) is 1.68. The molecule has 0 saturated heterocycles. The number of carbonyl (C=O) groups excluding carboxylic acids is 1. The van der Waals surface area contributed by atoms with Crippen molar-refractivity contribution in [2.45, 2.75) is 32.4 Å². The molecule has 134 valence electrons. The van der Waals surface area contributed by atoms with E-state index in [0.29, 0.717) is 5.69 Å². The Morgan fingerprint density at radius 2 is 2.08 bits per heavy atom. The predicted octanol–water partition coefficient (Wildman–Crippen LogP) is 4.69. The Bertz CT molecular complexity index is 683. The van der Waals surface area contributed by atoms with Crippen molar-refractivity contribution in [3.63, 3.8) is 0 Å². The molecule has 1 heterocycles. The van der Waals surface area contributed by atoms with E-state index in [9.17, 15) is 13.6 Å². The Morgan fingerprint density at radius 1 is 1.28 bits per heavy atom. The lowest BCUT2D eigenvalue weighted by atomic mass is 10.1. The number of nitrogens with one attached hydrogen (secondary N) is 1. The minimum atomic E-state index is -2.91. The third-order valence-electron chi connectivity index (χ3n) is 3.69. The van der Waals surface area contributed by atoms with Crippen LogP contribution in [0, 0.1) is 0 Å². The van der Waals surface area contributed by atoms with Crippen LogP contribution in [-0.4, -0.2) is 29.6 Å². The Hall–Kier alpha value is -2.70. The number of ether oxygens (including phenoxy) is 1. The van der Waals surface area contributed by atoms with Crippen molar-refractivity contribution in [3.05, 3.63) is 54.4 Å². The SMILES string of the molecule is CCCC(c1ccccn1)N(C)C(=O)Nc1cccc(OC(F)F)c1. The van der Waals surface area contributed by atoms with Crippen LogP contribution in [0.25, 0.3) is 0 Å². The number of alkyl halides is 2. The van der Waals surface area contributed by atoms with Crippen LogP contribution in [0.2, 0.25) is 0 Å². The molecule has 0 fully saturated rings. The van der Waals surface area contributed by atoms with E-state index in [2.05, 4.69) is 15.0 Å². The zero-order valence-corrected chi connectivity index (χ0v) is 14.2. The molecule has 0 aliphatic rings. The van der Waals surface area contributed by atoms with E-state index in [1.165, 1.54) is 18.2 Å². The molecule has 2 aromatic rings. The van der Waals surface area contributed by atoms with Crippen molar-refractivity contribution >= 4 is 11.7 Å². The fourth-order valence-corrected chi connectivity index (χ4v) is 2.49. The van der Waals surface area contributed by atoms with Crippen molar-refractivity contribution in [2.24, 2.45) is 0 Å². The Kier molecular flexibility index (Phi) is 6.68. The van der Waals surface area contributed by atoms with Gasteiger partial charge in [-0.2, -0.15) is 8.78 Å². The fourth-order valence-electron chi connectivity index (χ4n) is 2.49. The highest BCUT2D eigenvalue weighted by Gasteiger charge is 2.22. The molecular formula is C18H21F2N3O2. The molecule has 2 rings (SSSR count). The molecule has 0 spiro atoms. The van der Waals surface area contributed by atoms with Crippen molar-refractivity contribution in [3.8, 4) is 5.75 Å². The predicted molar refractivity (Wildman–Crippen MR) is 91.7 cm³/mol. The smallest absolute Gasteiger partial charge is 0.387 e. The Morgan fingerprint density at radius 3 is 2.72 bits per heavy atom. The lowest BCUT2D eigenvalue weighted by Crippen LogP contribution is -2.35. The normalized spacial score (nSPS) is 11.9. The number of benzene rings is 1. The molecule has 1 atom stereocenters. The molecule has 1 aromatic carbocycles. The summed E-state index contributed by atoms with van der Waals surface area (Å²) in [6, 6.07) is 11.0. The maximum Gasteiger partial charge on any atom is 0.387 e. The van der Waals surface area contributed by atoms with E-state index in [1.807, 2.05) is 25.1 Å². The molecule has 0 saturated carbocycles. The highest BCUT2D eigenvalue weighted by Crippen LogP contribution is 2.24. The lowest BCUT2D eigenvalue weighted by Gasteiger charge is -2.27. The number of hydrogen-bond acceptors (Lipinski definition) is 3. The third-order valence-corrected chi connectivity index (χ3v) is 3.69. The van der Waals surface area contributed by atoms with Gasteiger partial charge in [0.15, 0.2) is 0 Å². The summed E-state index contributed by atoms with van der Waals surface area (Å²) >= 11 is 0. The molecule has 2 amide bonds. The summed E-state index contributed by atoms with van der Waals surface area (Å²) < 4.78 is 28.9. The summed E-state index contributed by atoms with van der Waals surface area (Å²) in [5.74, 6) is -0.00899. The number of amides is 2. The van der Waals surface area contributed by atoms with Gasteiger partial charge >= 0.3 is 12.6 Å². The van der Waals surface area contributed by atoms with Crippen LogP contribution >= 0.6 is 0 Å². The number of pyridine rings is 1. The van der Waals surface area contributed by atoms with E-state index in [-0.39, 0.29) is 17.8 Å². The minimum absolute atomic E-state index is 0.00899. The van der Waals surface area contributed by atoms with Crippen LogP contribution in [-0.2, 0) is 0 Å². The fraction of sp³-hybridized carbons (Fsp3) is 0.333. The zero-order valence-electron chi connectivity index (χ0n) is 14.2. The number of aromatic nitrogens is 1. The Balaban J connectivity index is 2.10. The summed E-state index contributed by atoms with van der Waals surface area (Å²) in [5, 5.41) is 2.70. The maximum absolute atomic E-state index is 12.5. The summed E-state index contributed by atoms with van der Waals surface area (Å²) in [4.78, 5) is 18.4. The molecule has 0 aliphatic carbocycles. The van der Waals surface area contributed by atoms with Crippen molar-refractivity contribution in [2.75, 3.05) is 12.4 Å².